The highest BCUT2D eigenvalue weighted by atomic mass is 32.2. The van der Waals surface area contributed by atoms with Gasteiger partial charge in [0.15, 0.2) is 0 Å². The maximum absolute atomic E-state index is 13.2. The Labute approximate surface area is 203 Å². The van der Waals surface area contributed by atoms with Crippen molar-refractivity contribution in [2.24, 2.45) is 5.73 Å². The van der Waals surface area contributed by atoms with E-state index in [4.69, 9.17) is 11.1 Å². The zero-order chi connectivity index (χ0) is 27.1. The van der Waals surface area contributed by atoms with Crippen LogP contribution in [0.15, 0.2) is 53.4 Å². The van der Waals surface area contributed by atoms with E-state index in [0.717, 1.165) is 12.1 Å². The molecule has 2 amide bonds. The number of carbonyl (C=O) groups excluding carboxylic acids is 2. The lowest BCUT2D eigenvalue weighted by Crippen LogP contribution is -2.48. The molecule has 0 aliphatic rings. The number of rotatable bonds is 11. The van der Waals surface area contributed by atoms with Gasteiger partial charge in [-0.25, -0.2) is 8.42 Å². The average molecular weight is 529 g/mol. The van der Waals surface area contributed by atoms with Crippen LogP contribution >= 0.6 is 0 Å². The van der Waals surface area contributed by atoms with Crippen LogP contribution in [0.25, 0.3) is 0 Å². The zero-order valence-corrected chi connectivity index (χ0v) is 19.2. The number of hydrogen-bond donors (Lipinski definition) is 6. The maximum Gasteiger partial charge on any atom is 0.417 e. The van der Waals surface area contributed by atoms with Crippen LogP contribution in [0.1, 0.15) is 27.9 Å². The minimum Gasteiger partial charge on any atom is -0.480 e. The fraction of sp³-hybridized carbons (Fsp3) is 0.238. The number of amides is 2. The Morgan fingerprint density at radius 3 is 2.14 bits per heavy atom. The molecule has 15 heteroatoms. The van der Waals surface area contributed by atoms with Gasteiger partial charge in [-0.2, -0.15) is 17.9 Å². The van der Waals surface area contributed by atoms with E-state index in [2.05, 4.69) is 10.6 Å². The van der Waals surface area contributed by atoms with Gasteiger partial charge in [0.2, 0.25) is 15.9 Å². The van der Waals surface area contributed by atoms with Crippen molar-refractivity contribution in [3.8, 4) is 0 Å². The van der Waals surface area contributed by atoms with Crippen molar-refractivity contribution < 1.29 is 41.1 Å². The van der Waals surface area contributed by atoms with E-state index in [1.807, 2.05) is 0 Å². The van der Waals surface area contributed by atoms with Gasteiger partial charge in [0.05, 0.1) is 10.5 Å². The van der Waals surface area contributed by atoms with Crippen LogP contribution in [0.3, 0.4) is 0 Å². The average Bonchev–Trinajstić information content (AvgIpc) is 2.81. The van der Waals surface area contributed by atoms with Gasteiger partial charge in [-0.1, -0.05) is 24.3 Å². The van der Waals surface area contributed by atoms with Crippen LogP contribution in [0.4, 0.5) is 13.2 Å². The predicted octanol–water partition coefficient (Wildman–Crippen LogP) is 0.657. The van der Waals surface area contributed by atoms with Crippen LogP contribution in [0, 0.1) is 5.41 Å². The van der Waals surface area contributed by atoms with Crippen molar-refractivity contribution in [2.45, 2.75) is 23.5 Å². The molecule has 2 aromatic rings. The lowest BCUT2D eigenvalue weighted by Gasteiger charge is -2.18. The molecule has 2 rings (SSSR count). The van der Waals surface area contributed by atoms with Gasteiger partial charge in [-0.05, 0) is 24.3 Å². The Morgan fingerprint density at radius 2 is 1.58 bits per heavy atom. The van der Waals surface area contributed by atoms with E-state index < -0.39 is 57.0 Å². The monoisotopic (exact) mass is 529 g/mol. The van der Waals surface area contributed by atoms with Crippen LogP contribution in [0.2, 0.25) is 0 Å². The van der Waals surface area contributed by atoms with Crippen molar-refractivity contribution in [3.05, 3.63) is 65.2 Å². The molecular formula is C21H22F3N5O6S. The maximum atomic E-state index is 13.2. The molecule has 0 aliphatic carbocycles. The number of amidine groups is 1. The summed E-state index contributed by atoms with van der Waals surface area (Å²) in [6.07, 6.45) is -5.30. The van der Waals surface area contributed by atoms with Crippen molar-refractivity contribution in [3.63, 3.8) is 0 Å². The van der Waals surface area contributed by atoms with Gasteiger partial charge in [-0.15, -0.1) is 0 Å². The fourth-order valence-corrected chi connectivity index (χ4v) is 4.28. The zero-order valence-electron chi connectivity index (χ0n) is 18.4. The van der Waals surface area contributed by atoms with E-state index >= 15 is 0 Å². The number of nitrogen functional groups attached to an aromatic ring is 1. The highest BCUT2D eigenvalue weighted by molar-refractivity contribution is 7.89. The van der Waals surface area contributed by atoms with Gasteiger partial charge in [0.1, 0.15) is 11.9 Å². The molecule has 2 aromatic carbocycles. The van der Waals surface area contributed by atoms with Gasteiger partial charge in [-0.3, -0.25) is 19.8 Å². The molecule has 194 valence electrons. The molecule has 36 heavy (non-hydrogen) atoms. The van der Waals surface area contributed by atoms with E-state index in [1.54, 1.807) is 4.72 Å². The SMILES string of the molecule is N=C(N)c1ccc(C(=O)NCCC(=O)NCC(NS(=O)(=O)c2ccccc2C(F)(F)F)C(=O)O)cc1. The molecule has 11 nitrogen and oxygen atoms in total. The molecule has 0 heterocycles. The normalized spacial score (nSPS) is 12.4. The summed E-state index contributed by atoms with van der Waals surface area (Å²) in [5, 5.41) is 21.2. The Bertz CT molecular complexity index is 1250. The minimum absolute atomic E-state index is 0.151. The summed E-state index contributed by atoms with van der Waals surface area (Å²) in [6, 6.07) is 7.06. The largest absolute Gasteiger partial charge is 0.480 e. The molecule has 0 saturated carbocycles. The summed E-state index contributed by atoms with van der Waals surface area (Å²) >= 11 is 0. The summed E-state index contributed by atoms with van der Waals surface area (Å²) in [5.41, 5.74) is 4.50. The highest BCUT2D eigenvalue weighted by Crippen LogP contribution is 2.33. The number of benzene rings is 2. The topological polar surface area (TPSA) is 192 Å². The number of sulfonamides is 1. The number of carboxylic acids is 1. The number of halogens is 3. The van der Waals surface area contributed by atoms with Gasteiger partial charge < -0.3 is 21.5 Å². The van der Waals surface area contributed by atoms with Crippen LogP contribution in [0.5, 0.6) is 0 Å². The molecule has 0 aromatic heterocycles. The number of nitrogens with one attached hydrogen (secondary N) is 4. The summed E-state index contributed by atoms with van der Waals surface area (Å²) in [7, 11) is -4.91. The molecule has 1 unspecified atom stereocenters. The van der Waals surface area contributed by atoms with Crippen LogP contribution < -0.4 is 21.1 Å². The number of hydrogen-bond acceptors (Lipinski definition) is 6. The van der Waals surface area contributed by atoms with Crippen LogP contribution in [-0.4, -0.2) is 56.3 Å². The molecule has 0 bridgehead atoms. The Morgan fingerprint density at radius 1 is 1.00 bits per heavy atom. The van der Waals surface area contributed by atoms with Gasteiger partial charge in [0, 0.05) is 30.6 Å². The fourth-order valence-electron chi connectivity index (χ4n) is 2.86. The number of aliphatic carboxylic acids is 1. The first kappa shape index (κ1) is 28.3. The number of carboxylic acid groups (broad SMARTS) is 1. The highest BCUT2D eigenvalue weighted by Gasteiger charge is 2.38. The van der Waals surface area contributed by atoms with Crippen molar-refractivity contribution in [1.82, 2.24) is 15.4 Å². The second-order valence-corrected chi connectivity index (χ2v) is 8.99. The number of nitrogens with two attached hydrogens (primary N) is 1. The quantitative estimate of drug-likeness (QED) is 0.182. The third-order valence-electron chi connectivity index (χ3n) is 4.68. The number of alkyl halides is 3. The molecule has 0 aliphatic heterocycles. The lowest BCUT2D eigenvalue weighted by atomic mass is 10.1. The summed E-state index contributed by atoms with van der Waals surface area (Å²) in [6.45, 7) is -0.913. The van der Waals surface area contributed by atoms with Crippen LogP contribution in [-0.2, 0) is 25.8 Å². The van der Waals surface area contributed by atoms with E-state index in [9.17, 15) is 41.1 Å². The second kappa shape index (κ2) is 11.6. The van der Waals surface area contributed by atoms with Crippen molar-refractivity contribution in [2.75, 3.05) is 13.1 Å². The predicted molar refractivity (Wildman–Crippen MR) is 121 cm³/mol. The smallest absolute Gasteiger partial charge is 0.417 e. The lowest BCUT2D eigenvalue weighted by molar-refractivity contribution is -0.140. The summed E-state index contributed by atoms with van der Waals surface area (Å²) < 4.78 is 66.0. The molecule has 0 saturated heterocycles. The third-order valence-corrected chi connectivity index (χ3v) is 6.21. The first-order chi connectivity index (χ1) is 16.7. The summed E-state index contributed by atoms with van der Waals surface area (Å²) in [5.74, 6) is -3.18. The Kier molecular flexibility index (Phi) is 9.13. The van der Waals surface area contributed by atoms with E-state index in [1.165, 1.54) is 24.3 Å². The number of carbonyl (C=O) groups is 3. The molecule has 0 radical (unpaired) electrons. The first-order valence-corrected chi connectivity index (χ1v) is 11.6. The van der Waals surface area contributed by atoms with Gasteiger partial charge >= 0.3 is 12.1 Å². The van der Waals surface area contributed by atoms with Crippen molar-refractivity contribution in [1.29, 1.82) is 5.41 Å². The molecule has 0 fully saturated rings. The Hall–Kier alpha value is -3.98. The Balaban J connectivity index is 1.93. The molecular weight excluding hydrogens is 507 g/mol. The van der Waals surface area contributed by atoms with Crippen molar-refractivity contribution >= 4 is 33.6 Å². The summed E-state index contributed by atoms with van der Waals surface area (Å²) in [4.78, 5) is 34.4. The first-order valence-electron chi connectivity index (χ1n) is 10.1. The third kappa shape index (κ3) is 7.78. The second-order valence-electron chi connectivity index (χ2n) is 7.31. The van der Waals surface area contributed by atoms with Gasteiger partial charge in [0.25, 0.3) is 5.91 Å². The minimum atomic E-state index is -5.00. The molecule has 1 atom stereocenters. The standard InChI is InChI=1S/C21H22F3N5O6S/c22-21(23,24)14-3-1-2-4-16(14)36(34,35)29-15(20(32)33)11-28-17(30)9-10-27-19(31)13-7-5-12(6-8-13)18(25)26/h1-8,15,29H,9-11H2,(H3,25,26)(H,27,31)(H,28,30)(H,32,33). The molecule has 0 spiro atoms. The van der Waals surface area contributed by atoms with E-state index in [0.29, 0.717) is 17.7 Å². The van der Waals surface area contributed by atoms with E-state index in [-0.39, 0.29) is 24.4 Å². The molecule has 7 N–H and O–H groups in total.